The van der Waals surface area contributed by atoms with Gasteiger partial charge in [-0.15, -0.1) is 0 Å². The van der Waals surface area contributed by atoms with E-state index < -0.39 is 0 Å². The van der Waals surface area contributed by atoms with Gasteiger partial charge in [0.2, 0.25) is 0 Å². The van der Waals surface area contributed by atoms with Crippen molar-refractivity contribution in [1.82, 2.24) is 19.5 Å². The van der Waals surface area contributed by atoms with Gasteiger partial charge in [-0.3, -0.25) is 4.57 Å². The number of anilines is 3. The van der Waals surface area contributed by atoms with E-state index in [1.807, 2.05) is 12.3 Å². The third kappa shape index (κ3) is 2.64. The summed E-state index contributed by atoms with van der Waals surface area (Å²) in [5.74, 6) is 1.46. The van der Waals surface area contributed by atoms with Crippen LogP contribution in [0.2, 0.25) is 0 Å². The molecule has 0 atom stereocenters. The molecule has 0 bridgehead atoms. The van der Waals surface area contributed by atoms with Gasteiger partial charge in [-0.2, -0.15) is 0 Å². The third-order valence-corrected chi connectivity index (χ3v) is 4.29. The second kappa shape index (κ2) is 6.19. The van der Waals surface area contributed by atoms with E-state index in [9.17, 15) is 0 Å². The van der Waals surface area contributed by atoms with Crippen molar-refractivity contribution in [3.63, 3.8) is 0 Å². The van der Waals surface area contributed by atoms with E-state index in [-0.39, 0.29) is 0 Å². The maximum atomic E-state index is 6.32. The van der Waals surface area contributed by atoms with Gasteiger partial charge in [-0.25, -0.2) is 15.0 Å². The molecule has 7 heteroatoms. The van der Waals surface area contributed by atoms with Crippen LogP contribution < -0.4 is 15.5 Å². The smallest absolute Gasteiger partial charge is 0.166 e. The lowest BCUT2D eigenvalue weighted by Gasteiger charge is -2.37. The molecule has 0 spiro atoms. The van der Waals surface area contributed by atoms with Crippen LogP contribution >= 0.6 is 0 Å². The van der Waals surface area contributed by atoms with Crippen LogP contribution in [0.15, 0.2) is 55.4 Å². The molecule has 1 saturated heterocycles. The van der Waals surface area contributed by atoms with E-state index in [2.05, 4.69) is 49.0 Å². The topological polar surface area (TPSA) is 76.1 Å². The number of para-hydroxylation sites is 1. The Kier molecular flexibility index (Phi) is 3.74. The molecular formula is C17H19N7. The molecule has 1 aliphatic rings. The first kappa shape index (κ1) is 14.5. The molecule has 3 heterocycles. The minimum atomic E-state index is 0.587. The van der Waals surface area contributed by atoms with Crippen LogP contribution in [0.3, 0.4) is 0 Å². The minimum Gasteiger partial charge on any atom is -0.393 e. The highest BCUT2D eigenvalue weighted by Gasteiger charge is 2.21. The summed E-state index contributed by atoms with van der Waals surface area (Å²) in [6.45, 7) is 3.63. The summed E-state index contributed by atoms with van der Waals surface area (Å²) >= 11 is 0. The molecule has 0 radical (unpaired) electrons. The summed E-state index contributed by atoms with van der Waals surface area (Å²) in [5, 5.41) is 0. The van der Waals surface area contributed by atoms with Crippen LogP contribution in [0.1, 0.15) is 0 Å². The molecule has 4 rings (SSSR count). The predicted molar refractivity (Wildman–Crippen MR) is 94.4 cm³/mol. The first-order valence-electron chi connectivity index (χ1n) is 7.96. The summed E-state index contributed by atoms with van der Waals surface area (Å²) in [6, 6.07) is 10.5. The Morgan fingerprint density at radius 1 is 0.875 bits per heavy atom. The SMILES string of the molecule is Nc1c(N2CCN(c3ccccc3)CC2)ncnc1-n1ccnc1. The van der Waals surface area contributed by atoms with Crippen molar-refractivity contribution in [1.29, 1.82) is 0 Å². The number of nitrogen functional groups attached to an aromatic ring is 1. The van der Waals surface area contributed by atoms with Crippen molar-refractivity contribution in [3.8, 4) is 5.82 Å². The highest BCUT2D eigenvalue weighted by atomic mass is 15.3. The molecular weight excluding hydrogens is 302 g/mol. The molecule has 0 unspecified atom stereocenters. The monoisotopic (exact) mass is 321 g/mol. The Hall–Kier alpha value is -3.09. The van der Waals surface area contributed by atoms with Gasteiger partial charge in [0, 0.05) is 44.3 Å². The molecule has 0 saturated carbocycles. The molecule has 0 aliphatic carbocycles. The molecule has 1 fully saturated rings. The Balaban J connectivity index is 1.53. The van der Waals surface area contributed by atoms with Gasteiger partial charge in [0.25, 0.3) is 0 Å². The van der Waals surface area contributed by atoms with E-state index in [0.717, 1.165) is 32.0 Å². The largest absolute Gasteiger partial charge is 0.393 e. The van der Waals surface area contributed by atoms with Gasteiger partial charge in [0.05, 0.1) is 0 Å². The molecule has 24 heavy (non-hydrogen) atoms. The maximum Gasteiger partial charge on any atom is 0.166 e. The molecule has 2 N–H and O–H groups in total. The third-order valence-electron chi connectivity index (χ3n) is 4.29. The number of hydrogen-bond acceptors (Lipinski definition) is 6. The van der Waals surface area contributed by atoms with Crippen molar-refractivity contribution in [3.05, 3.63) is 55.4 Å². The second-order valence-corrected chi connectivity index (χ2v) is 5.71. The Labute approximate surface area is 140 Å². The number of nitrogens with two attached hydrogens (primary N) is 1. The van der Waals surface area contributed by atoms with Crippen LogP contribution in [-0.2, 0) is 0 Å². The number of rotatable bonds is 3. The standard InChI is InChI=1S/C17H19N7/c18-15-16(20-12-21-17(15)24-7-6-19-13-24)23-10-8-22(9-11-23)14-4-2-1-3-5-14/h1-7,12-13H,8-11,18H2. The molecule has 3 aromatic rings. The number of imidazole rings is 1. The first-order chi connectivity index (χ1) is 11.8. The van der Waals surface area contributed by atoms with Crippen LogP contribution in [-0.4, -0.2) is 45.7 Å². The predicted octanol–water partition coefficient (Wildman–Crippen LogP) is 1.57. The Bertz CT molecular complexity index is 793. The molecule has 1 aromatic carbocycles. The zero-order chi connectivity index (χ0) is 16.4. The summed E-state index contributed by atoms with van der Waals surface area (Å²) < 4.78 is 1.81. The Morgan fingerprint density at radius 3 is 2.29 bits per heavy atom. The zero-order valence-corrected chi connectivity index (χ0v) is 13.3. The minimum absolute atomic E-state index is 0.587. The van der Waals surface area contributed by atoms with Gasteiger partial charge in [-0.05, 0) is 12.1 Å². The van der Waals surface area contributed by atoms with Gasteiger partial charge in [0.15, 0.2) is 11.6 Å². The molecule has 0 amide bonds. The van der Waals surface area contributed by atoms with E-state index in [1.54, 1.807) is 23.4 Å². The molecule has 7 nitrogen and oxygen atoms in total. The van der Waals surface area contributed by atoms with Crippen molar-refractivity contribution in [2.45, 2.75) is 0 Å². The van der Waals surface area contributed by atoms with Crippen LogP contribution in [0.5, 0.6) is 0 Å². The number of aromatic nitrogens is 4. The summed E-state index contributed by atoms with van der Waals surface area (Å²) in [4.78, 5) is 17.3. The second-order valence-electron chi connectivity index (χ2n) is 5.71. The van der Waals surface area contributed by atoms with Crippen molar-refractivity contribution in [2.24, 2.45) is 0 Å². The van der Waals surface area contributed by atoms with Gasteiger partial charge in [0.1, 0.15) is 18.3 Å². The van der Waals surface area contributed by atoms with E-state index in [1.165, 1.54) is 5.69 Å². The number of hydrogen-bond donors (Lipinski definition) is 1. The summed E-state index contributed by atoms with van der Waals surface area (Å²) in [5.41, 5.74) is 8.17. The van der Waals surface area contributed by atoms with Crippen LogP contribution in [0.25, 0.3) is 5.82 Å². The number of nitrogens with zero attached hydrogens (tertiary/aromatic N) is 6. The highest BCUT2D eigenvalue weighted by Crippen LogP contribution is 2.26. The molecule has 122 valence electrons. The fourth-order valence-corrected chi connectivity index (χ4v) is 3.03. The molecule has 2 aromatic heterocycles. The summed E-state index contributed by atoms with van der Waals surface area (Å²) in [6.07, 6.45) is 6.79. The maximum absolute atomic E-state index is 6.32. The van der Waals surface area contributed by atoms with Crippen molar-refractivity contribution >= 4 is 17.2 Å². The van der Waals surface area contributed by atoms with Crippen molar-refractivity contribution in [2.75, 3.05) is 41.7 Å². The van der Waals surface area contributed by atoms with E-state index in [0.29, 0.717) is 11.5 Å². The quantitative estimate of drug-likeness (QED) is 0.789. The van der Waals surface area contributed by atoms with Gasteiger partial charge >= 0.3 is 0 Å². The number of piperazine rings is 1. The lowest BCUT2D eigenvalue weighted by Crippen LogP contribution is -2.47. The first-order valence-corrected chi connectivity index (χ1v) is 7.96. The zero-order valence-electron chi connectivity index (χ0n) is 13.3. The Morgan fingerprint density at radius 2 is 1.58 bits per heavy atom. The van der Waals surface area contributed by atoms with E-state index >= 15 is 0 Å². The fourth-order valence-electron chi connectivity index (χ4n) is 3.03. The lowest BCUT2D eigenvalue weighted by molar-refractivity contribution is 0.647. The van der Waals surface area contributed by atoms with Crippen LogP contribution in [0, 0.1) is 0 Å². The lowest BCUT2D eigenvalue weighted by atomic mass is 10.2. The average Bonchev–Trinajstić information content (AvgIpc) is 3.17. The summed E-state index contributed by atoms with van der Waals surface area (Å²) in [7, 11) is 0. The van der Waals surface area contributed by atoms with E-state index in [4.69, 9.17) is 5.73 Å². The van der Waals surface area contributed by atoms with Crippen molar-refractivity contribution < 1.29 is 0 Å². The van der Waals surface area contributed by atoms with Gasteiger partial charge in [-0.1, -0.05) is 18.2 Å². The molecule has 1 aliphatic heterocycles. The highest BCUT2D eigenvalue weighted by molar-refractivity contribution is 5.70. The average molecular weight is 321 g/mol. The fraction of sp³-hybridized carbons (Fsp3) is 0.235. The number of benzene rings is 1. The van der Waals surface area contributed by atoms with Gasteiger partial charge < -0.3 is 15.5 Å². The normalized spacial score (nSPS) is 14.8. The van der Waals surface area contributed by atoms with Crippen LogP contribution in [0.4, 0.5) is 17.2 Å².